The van der Waals surface area contributed by atoms with Gasteiger partial charge in [0.15, 0.2) is 5.65 Å². The summed E-state index contributed by atoms with van der Waals surface area (Å²) in [6.45, 7) is 0. The molecule has 10 rings (SSSR count). The van der Waals surface area contributed by atoms with E-state index in [1.807, 2.05) is 54.6 Å². The molecule has 0 aliphatic heterocycles. The van der Waals surface area contributed by atoms with E-state index in [0.717, 1.165) is 54.0 Å². The molecule has 0 bridgehead atoms. The average Bonchev–Trinajstić information content (AvgIpc) is 3.74. The van der Waals surface area contributed by atoms with Crippen LogP contribution in [0, 0.1) is 11.3 Å². The Morgan fingerprint density at radius 3 is 1.15 bits per heavy atom. The number of pyridine rings is 1. The number of hydrogen-bond donors (Lipinski definition) is 0. The van der Waals surface area contributed by atoms with E-state index in [2.05, 4.69) is 192 Å². The highest BCUT2D eigenvalue weighted by Gasteiger charge is 2.34. The number of rotatable bonds is 9. The van der Waals surface area contributed by atoms with Crippen LogP contribution in [0.15, 0.2) is 246 Å². The van der Waals surface area contributed by atoms with Crippen molar-refractivity contribution in [3.63, 3.8) is 0 Å². The molecular formula is C54H39N5P2. The second kappa shape index (κ2) is 16.4. The third-order valence-electron chi connectivity index (χ3n) is 11.1. The van der Waals surface area contributed by atoms with Gasteiger partial charge in [-0.3, -0.25) is 9.15 Å². The zero-order valence-corrected chi connectivity index (χ0v) is 34.9. The topological polar surface area (TPSA) is 65.8 Å². The first-order valence-electron chi connectivity index (χ1n) is 20.2. The fraction of sp³-hybridized carbons (Fsp3) is 0. The molecule has 61 heavy (non-hydrogen) atoms. The normalized spacial score (nSPS) is 11.6. The molecule has 0 N–H and O–H groups in total. The van der Waals surface area contributed by atoms with Gasteiger partial charge in [0.1, 0.15) is 17.5 Å². The summed E-state index contributed by atoms with van der Waals surface area (Å²) in [5.74, 6) is 0.685. The number of hydrogen-bond acceptors (Lipinski definition) is 4. The van der Waals surface area contributed by atoms with Crippen LogP contribution in [0.3, 0.4) is 0 Å². The first-order valence-corrected chi connectivity index (χ1v) is 23.7. The molecule has 0 aliphatic carbocycles. The highest BCUT2D eigenvalue weighted by molar-refractivity contribution is 7.88. The number of nitrogens with zero attached hydrogens (tertiary/aromatic N) is 5. The Labute approximate surface area is 356 Å². The number of benzene rings is 8. The minimum absolute atomic E-state index is 0.393. The van der Waals surface area contributed by atoms with E-state index in [1.54, 1.807) is 0 Å². The van der Waals surface area contributed by atoms with E-state index in [4.69, 9.17) is 14.5 Å². The van der Waals surface area contributed by atoms with E-state index >= 15 is 0 Å². The summed E-state index contributed by atoms with van der Waals surface area (Å²) < 4.78 is 14.6. The predicted octanol–water partition coefficient (Wildman–Crippen LogP) is 11.6. The van der Waals surface area contributed by atoms with Gasteiger partial charge in [-0.05, 0) is 17.7 Å². The molecule has 0 fully saturated rings. The molecule has 0 radical (unpaired) electrons. The molecule has 10 aromatic rings. The fourth-order valence-corrected chi connectivity index (χ4v) is 15.5. The van der Waals surface area contributed by atoms with Crippen LogP contribution in [0.1, 0.15) is 5.56 Å². The first kappa shape index (κ1) is 37.9. The number of fused-ring (bicyclic) bond motifs is 3. The maximum Gasteiger partial charge on any atom is 0.159 e. The van der Waals surface area contributed by atoms with E-state index in [1.165, 1.54) is 0 Å². The number of nitriles is 1. The lowest BCUT2D eigenvalue weighted by Gasteiger charge is -2.29. The molecule has 0 unspecified atom stereocenters. The van der Waals surface area contributed by atoms with Gasteiger partial charge >= 0.3 is 0 Å². The monoisotopic (exact) mass is 819 g/mol. The SMILES string of the molecule is N#Cc1c(N=P(c2ccccc2)(c2ccccc2)c2ccccc2)c(-c2ccccc2)c(N=P(c2ccccc2)(c2ccccc2)c2ccccc2)n2c1nc1ccccc12. The van der Waals surface area contributed by atoms with Crippen molar-refractivity contribution >= 4 is 74.1 Å². The van der Waals surface area contributed by atoms with Crippen molar-refractivity contribution in [2.75, 3.05) is 0 Å². The third-order valence-corrected chi connectivity index (χ3v) is 18.4. The van der Waals surface area contributed by atoms with Gasteiger partial charge in [-0.15, -0.1) is 0 Å². The minimum atomic E-state index is -2.92. The lowest BCUT2D eigenvalue weighted by molar-refractivity contribution is 1.19. The van der Waals surface area contributed by atoms with Crippen molar-refractivity contribution in [3.05, 3.63) is 242 Å². The van der Waals surface area contributed by atoms with Crippen LogP contribution in [0.4, 0.5) is 11.5 Å². The van der Waals surface area contributed by atoms with Crippen LogP contribution in [0.25, 0.3) is 27.8 Å². The van der Waals surface area contributed by atoms with Gasteiger partial charge in [0.05, 0.1) is 36.4 Å². The Kier molecular flexibility index (Phi) is 10.2. The fourth-order valence-electron chi connectivity index (χ4n) is 8.42. The molecule has 290 valence electrons. The summed E-state index contributed by atoms with van der Waals surface area (Å²) in [5.41, 5.74) is 4.77. The van der Waals surface area contributed by atoms with E-state index in [9.17, 15) is 5.26 Å². The van der Waals surface area contributed by atoms with Crippen molar-refractivity contribution in [1.82, 2.24) is 9.38 Å². The molecule has 7 heteroatoms. The van der Waals surface area contributed by atoms with Crippen LogP contribution in [-0.4, -0.2) is 9.38 Å². The summed E-state index contributed by atoms with van der Waals surface area (Å²) in [6, 6.07) is 84.8. The van der Waals surface area contributed by atoms with Crippen LogP contribution >= 0.6 is 14.1 Å². The minimum Gasteiger partial charge on any atom is -0.275 e. The van der Waals surface area contributed by atoms with E-state index in [-0.39, 0.29) is 0 Å². The van der Waals surface area contributed by atoms with Gasteiger partial charge in [-0.1, -0.05) is 224 Å². The van der Waals surface area contributed by atoms with Crippen molar-refractivity contribution in [2.45, 2.75) is 0 Å². The van der Waals surface area contributed by atoms with E-state index < -0.39 is 14.1 Å². The Hall–Kier alpha value is -7.34. The van der Waals surface area contributed by atoms with Crippen LogP contribution in [0.2, 0.25) is 0 Å². The standard InChI is InChI=1S/C54H39N5P2/c55-40-48-52(57-60(42-26-10-2-11-27-42,43-28-12-3-13-29-43)44-30-14-4-15-31-44)51(41-24-8-1-9-25-41)54(59-50-39-23-22-38-49(50)56-53(48)59)58-61(45-32-16-5-17-33-45,46-34-18-6-19-35-46)47-36-20-7-21-37-47/h1-39H. The number of aromatic nitrogens is 2. The highest BCUT2D eigenvalue weighted by atomic mass is 31.2. The van der Waals surface area contributed by atoms with Crippen LogP contribution in [-0.2, 0) is 0 Å². The van der Waals surface area contributed by atoms with Gasteiger partial charge in [0.25, 0.3) is 0 Å². The van der Waals surface area contributed by atoms with Gasteiger partial charge in [0, 0.05) is 31.8 Å². The Morgan fingerprint density at radius 2 is 0.754 bits per heavy atom. The van der Waals surface area contributed by atoms with Crippen LogP contribution < -0.4 is 31.8 Å². The van der Waals surface area contributed by atoms with Crippen LogP contribution in [0.5, 0.6) is 0 Å². The summed E-state index contributed by atoms with van der Waals surface area (Å²) in [4.78, 5) is 5.28. The highest BCUT2D eigenvalue weighted by Crippen LogP contribution is 2.57. The molecule has 0 aliphatic rings. The smallest absolute Gasteiger partial charge is 0.159 e. The lowest BCUT2D eigenvalue weighted by Crippen LogP contribution is -2.25. The van der Waals surface area contributed by atoms with Crippen molar-refractivity contribution in [3.8, 4) is 17.2 Å². The molecule has 2 heterocycles. The second-order valence-corrected chi connectivity index (χ2v) is 20.7. The maximum atomic E-state index is 11.6. The summed E-state index contributed by atoms with van der Waals surface area (Å²) >= 11 is 0. The summed E-state index contributed by atoms with van der Waals surface area (Å²) in [7, 11) is -5.80. The van der Waals surface area contributed by atoms with E-state index in [0.29, 0.717) is 22.7 Å². The zero-order chi connectivity index (χ0) is 41.1. The van der Waals surface area contributed by atoms with Crippen molar-refractivity contribution in [2.24, 2.45) is 9.49 Å². The van der Waals surface area contributed by atoms with Gasteiger partial charge < -0.3 is 0 Å². The summed E-state index contributed by atoms with van der Waals surface area (Å²) in [6.07, 6.45) is 0. The molecule has 0 atom stereocenters. The Balaban J connectivity index is 1.52. The molecule has 8 aromatic carbocycles. The molecule has 0 amide bonds. The molecule has 0 saturated carbocycles. The third kappa shape index (κ3) is 6.55. The molecule has 2 aromatic heterocycles. The van der Waals surface area contributed by atoms with Gasteiger partial charge in [-0.2, -0.15) is 5.26 Å². The first-order chi connectivity index (χ1) is 30.2. The molecule has 0 spiro atoms. The Morgan fingerprint density at radius 1 is 0.410 bits per heavy atom. The average molecular weight is 820 g/mol. The van der Waals surface area contributed by atoms with Gasteiger partial charge in [0.2, 0.25) is 0 Å². The summed E-state index contributed by atoms with van der Waals surface area (Å²) in [5, 5.41) is 18.1. The Bertz CT molecular complexity index is 3090. The molecule has 0 saturated heterocycles. The van der Waals surface area contributed by atoms with Crippen molar-refractivity contribution < 1.29 is 0 Å². The largest absolute Gasteiger partial charge is 0.275 e. The van der Waals surface area contributed by atoms with Gasteiger partial charge in [-0.25, -0.2) is 9.73 Å². The number of para-hydroxylation sites is 2. The maximum absolute atomic E-state index is 11.6. The lowest BCUT2D eigenvalue weighted by atomic mass is 10.0. The molecular weight excluding hydrogens is 781 g/mol. The molecule has 5 nitrogen and oxygen atoms in total. The quantitative estimate of drug-likeness (QED) is 0.136. The predicted molar refractivity (Wildman–Crippen MR) is 257 cm³/mol. The second-order valence-electron chi connectivity index (χ2n) is 14.6. The number of imidazole rings is 1. The zero-order valence-electron chi connectivity index (χ0n) is 33.1. The van der Waals surface area contributed by atoms with Crippen molar-refractivity contribution in [1.29, 1.82) is 5.26 Å².